The number of ketones is 3. The summed E-state index contributed by atoms with van der Waals surface area (Å²) >= 11 is 0. The molecule has 502 valence electrons. The summed E-state index contributed by atoms with van der Waals surface area (Å²) in [4.78, 5) is 154. The van der Waals surface area contributed by atoms with Gasteiger partial charge in [-0.1, -0.05) is 57.5 Å². The van der Waals surface area contributed by atoms with Crippen LogP contribution in [0.3, 0.4) is 0 Å². The van der Waals surface area contributed by atoms with Crippen LogP contribution in [0.2, 0.25) is 0 Å². The average Bonchev–Trinajstić information content (AvgIpc) is 1.79. The SMILES string of the molecule is CCCC(C)OC(=O)c1ccc(C(=O)N[C@@H](CCN)C(=O)C[C@H](C(=O)N[C@@H](CCN)C(=O)C[C@H]2CCNC(=O)[C@H](C(C)O)NC(=O)[C@H](CCN)CC(=O)[C@H](CCN)NC(=O)[C@H](CC(C)C)NC(=O)[C@@H](Cc3ccccc3)NC(=O)[C@H](CCN)NC2)C(C)O)cc1. The Hall–Kier alpha value is -7.11. The van der Waals surface area contributed by atoms with Crippen molar-refractivity contribution in [3.8, 4) is 0 Å². The number of rotatable bonds is 30. The largest absolute Gasteiger partial charge is 0.459 e. The number of nitrogens with two attached hydrogens (primary N) is 5. The van der Waals surface area contributed by atoms with Gasteiger partial charge in [-0.3, -0.25) is 47.9 Å². The molecule has 27 heteroatoms. The highest BCUT2D eigenvalue weighted by Crippen LogP contribution is 2.20. The predicted octanol–water partition coefficient (Wildman–Crippen LogP) is -1.45. The Kier molecular flexibility index (Phi) is 34.8. The van der Waals surface area contributed by atoms with E-state index in [0.29, 0.717) is 12.0 Å². The van der Waals surface area contributed by atoms with Crippen molar-refractivity contribution in [2.75, 3.05) is 45.8 Å². The molecule has 0 spiro atoms. The molecule has 90 heavy (non-hydrogen) atoms. The van der Waals surface area contributed by atoms with Gasteiger partial charge in [-0.15, -0.1) is 0 Å². The third-order valence-electron chi connectivity index (χ3n) is 15.6. The molecule has 0 saturated carbocycles. The highest BCUT2D eigenvalue weighted by Gasteiger charge is 2.37. The number of aliphatic hydroxyl groups is 2. The first-order chi connectivity index (χ1) is 42.8. The zero-order chi connectivity index (χ0) is 67.0. The maximum atomic E-state index is 14.6. The van der Waals surface area contributed by atoms with Crippen LogP contribution in [0.4, 0.5) is 0 Å². The molecule has 7 amide bonds. The third kappa shape index (κ3) is 26.4. The predicted molar refractivity (Wildman–Crippen MR) is 337 cm³/mol. The van der Waals surface area contributed by atoms with Gasteiger partial charge in [0.05, 0.1) is 54.0 Å². The minimum Gasteiger partial charge on any atom is -0.459 e. The average molecular weight is 1260 g/mol. The lowest BCUT2D eigenvalue weighted by molar-refractivity contribution is -0.136. The minimum absolute atomic E-state index is 0.00338. The normalized spacial score (nSPS) is 22.4. The van der Waals surface area contributed by atoms with E-state index in [2.05, 4.69) is 42.5 Å². The number of amides is 7. The number of carbonyl (C=O) groups is 11. The first-order valence-electron chi connectivity index (χ1n) is 31.4. The van der Waals surface area contributed by atoms with Gasteiger partial charge < -0.3 is 86.2 Å². The lowest BCUT2D eigenvalue weighted by Gasteiger charge is -2.28. The molecule has 3 rings (SSSR count). The second-order valence-electron chi connectivity index (χ2n) is 23.7. The molecular formula is C63H101N13O14. The molecule has 1 aliphatic heterocycles. The summed E-state index contributed by atoms with van der Waals surface area (Å²) in [7, 11) is 0. The molecule has 2 aromatic rings. The molecule has 20 N–H and O–H groups in total. The Morgan fingerprint density at radius 2 is 1.20 bits per heavy atom. The van der Waals surface area contributed by atoms with Crippen LogP contribution in [0.1, 0.15) is 145 Å². The Balaban J connectivity index is 2.01. The van der Waals surface area contributed by atoms with E-state index in [1.54, 1.807) is 37.3 Å². The van der Waals surface area contributed by atoms with Gasteiger partial charge in [0.1, 0.15) is 18.1 Å². The van der Waals surface area contributed by atoms with Crippen LogP contribution in [0, 0.1) is 23.7 Å². The van der Waals surface area contributed by atoms with Crippen LogP contribution in [0.5, 0.6) is 0 Å². The first-order valence-corrected chi connectivity index (χ1v) is 31.4. The van der Waals surface area contributed by atoms with Gasteiger partial charge in [-0.2, -0.15) is 0 Å². The van der Waals surface area contributed by atoms with E-state index in [9.17, 15) is 63.0 Å². The van der Waals surface area contributed by atoms with Crippen molar-refractivity contribution in [1.82, 2.24) is 42.5 Å². The molecule has 1 saturated heterocycles. The summed E-state index contributed by atoms with van der Waals surface area (Å²) in [6, 6.07) is 5.59. The Labute approximate surface area is 528 Å². The van der Waals surface area contributed by atoms with Gasteiger partial charge in [0, 0.05) is 43.7 Å². The highest BCUT2D eigenvalue weighted by atomic mass is 16.5. The number of ether oxygens (including phenoxy) is 1. The number of hydrogen-bond acceptors (Lipinski definition) is 20. The Morgan fingerprint density at radius 1 is 0.633 bits per heavy atom. The lowest BCUT2D eigenvalue weighted by Crippen LogP contribution is -2.58. The quantitative estimate of drug-likeness (QED) is 0.0398. The molecular weight excluding hydrogens is 1160 g/mol. The van der Waals surface area contributed by atoms with Crippen LogP contribution >= 0.6 is 0 Å². The second kappa shape index (κ2) is 40.6. The van der Waals surface area contributed by atoms with E-state index in [1.165, 1.54) is 38.1 Å². The highest BCUT2D eigenvalue weighted by molar-refractivity contribution is 6.01. The molecule has 27 nitrogen and oxygen atoms in total. The van der Waals surface area contributed by atoms with Crippen molar-refractivity contribution in [1.29, 1.82) is 0 Å². The van der Waals surface area contributed by atoms with Crippen molar-refractivity contribution < 1.29 is 67.7 Å². The molecule has 0 radical (unpaired) electrons. The first kappa shape index (κ1) is 77.1. The van der Waals surface area contributed by atoms with E-state index in [0.717, 1.165) is 6.42 Å². The van der Waals surface area contributed by atoms with Crippen LogP contribution in [0.15, 0.2) is 54.6 Å². The zero-order valence-corrected chi connectivity index (χ0v) is 53.1. The summed E-state index contributed by atoms with van der Waals surface area (Å²) in [6.45, 7) is 9.39. The number of Topliss-reactive ketones (excluding diaryl/α,β-unsaturated/α-hetero) is 3. The van der Waals surface area contributed by atoms with E-state index in [4.69, 9.17) is 33.4 Å². The number of esters is 1. The van der Waals surface area contributed by atoms with Crippen LogP contribution < -0.4 is 71.2 Å². The Morgan fingerprint density at radius 3 is 1.78 bits per heavy atom. The van der Waals surface area contributed by atoms with Crippen LogP contribution in [-0.4, -0.2) is 181 Å². The maximum Gasteiger partial charge on any atom is 0.338 e. The van der Waals surface area contributed by atoms with Gasteiger partial charge in [0.2, 0.25) is 35.4 Å². The number of benzene rings is 2. The molecule has 2 aromatic carbocycles. The third-order valence-corrected chi connectivity index (χ3v) is 15.6. The van der Waals surface area contributed by atoms with Gasteiger partial charge in [-0.25, -0.2) is 4.79 Å². The van der Waals surface area contributed by atoms with E-state index in [-0.39, 0.29) is 127 Å². The molecule has 13 atom stereocenters. The van der Waals surface area contributed by atoms with Crippen LogP contribution in [-0.2, 0) is 54.3 Å². The number of aliphatic hydroxyl groups excluding tert-OH is 2. The van der Waals surface area contributed by atoms with Gasteiger partial charge in [0.25, 0.3) is 5.91 Å². The molecule has 3 unspecified atom stereocenters. The van der Waals surface area contributed by atoms with Crippen molar-refractivity contribution >= 4 is 64.7 Å². The standard InChI is InChI=1S/C63H101N13O14/c1-7-11-37(4)90-63(89)43-16-14-42(15-17-43)56(82)71-48(21-27-67)54(81)34-45(38(5)77)58(84)72-46(19-25-65)52(79)32-41-23-29-69-62(88)55(39(6)78)76-57(83)44(18-24-64)33-53(80)47(20-26-66)73-60(86)50(30-36(2)3)74-61(87)51(31-40-12-9-8-10-13-40)75-59(85)49(22-28-68)70-35-41/h8-10,12-17,36-39,41,44-51,55,70,77-78H,7,11,18-35,64-68H2,1-6H3,(H,69,88)(H,71,82)(H,72,84)(H,73,86)(H,74,87)(H,75,85)(H,76,83)/t37?,38?,39?,41-,44-,45+,46+,47+,48+,49+,50+,51-,55+/m1/s1. The maximum absolute atomic E-state index is 14.6. The monoisotopic (exact) mass is 1260 g/mol. The van der Waals surface area contributed by atoms with E-state index >= 15 is 0 Å². The summed E-state index contributed by atoms with van der Waals surface area (Å²) in [5, 5.41) is 43.9. The van der Waals surface area contributed by atoms with Crippen molar-refractivity contribution in [2.24, 2.45) is 52.3 Å². The topological polar surface area (TPSA) is 464 Å². The van der Waals surface area contributed by atoms with Crippen LogP contribution in [0.25, 0.3) is 0 Å². The summed E-state index contributed by atoms with van der Waals surface area (Å²) in [5.41, 5.74) is 30.7. The molecule has 1 heterocycles. The van der Waals surface area contributed by atoms with E-state index in [1.807, 2.05) is 20.8 Å². The van der Waals surface area contributed by atoms with Gasteiger partial charge >= 0.3 is 5.97 Å². The van der Waals surface area contributed by atoms with Crippen molar-refractivity contribution in [3.05, 3.63) is 71.3 Å². The summed E-state index contributed by atoms with van der Waals surface area (Å²) in [6.07, 6.45) is -3.21. The van der Waals surface area contributed by atoms with Crippen molar-refractivity contribution in [3.63, 3.8) is 0 Å². The number of carbonyl (C=O) groups excluding carboxylic acids is 11. The fraction of sp³-hybridized carbons (Fsp3) is 0.635. The molecule has 0 aliphatic carbocycles. The Bertz CT molecular complexity index is 2650. The zero-order valence-electron chi connectivity index (χ0n) is 53.1. The molecule has 0 bridgehead atoms. The van der Waals surface area contributed by atoms with Crippen molar-refractivity contribution in [2.45, 2.75) is 186 Å². The minimum atomic E-state index is -1.55. The smallest absolute Gasteiger partial charge is 0.338 e. The number of hydrogen-bond donors (Lipinski definition) is 15. The van der Waals surface area contributed by atoms with Gasteiger partial charge in [-0.05, 0) is 153 Å². The van der Waals surface area contributed by atoms with E-state index < -0.39 is 150 Å². The summed E-state index contributed by atoms with van der Waals surface area (Å²) in [5.74, 6) is -11.1. The lowest BCUT2D eigenvalue weighted by atomic mass is 9.90. The second-order valence-corrected chi connectivity index (χ2v) is 23.7. The molecule has 0 aromatic heterocycles. The summed E-state index contributed by atoms with van der Waals surface area (Å²) < 4.78 is 5.44. The fourth-order valence-electron chi connectivity index (χ4n) is 10.5. The molecule has 1 aliphatic rings. The molecule has 1 fully saturated rings. The van der Waals surface area contributed by atoms with Gasteiger partial charge in [0.15, 0.2) is 17.3 Å². The fourth-order valence-corrected chi connectivity index (χ4v) is 10.5. The number of nitrogens with one attached hydrogen (secondary N) is 8.